The van der Waals surface area contributed by atoms with Gasteiger partial charge in [-0.15, -0.1) is 0 Å². The minimum Gasteiger partial charge on any atom is -0.372 e. The molecule has 0 unspecified atom stereocenters. The van der Waals surface area contributed by atoms with Gasteiger partial charge in [-0.05, 0) is 18.2 Å². The molecule has 0 fully saturated rings. The van der Waals surface area contributed by atoms with Gasteiger partial charge in [-0.25, -0.2) is 9.37 Å². The Morgan fingerprint density at radius 1 is 1.35 bits per heavy atom. The summed E-state index contributed by atoms with van der Waals surface area (Å²) in [6, 6.07) is 5.93. The average molecular weight is 314 g/mol. The van der Waals surface area contributed by atoms with Gasteiger partial charge in [-0.3, -0.25) is 4.79 Å². The van der Waals surface area contributed by atoms with Gasteiger partial charge >= 0.3 is 0 Å². The highest BCUT2D eigenvalue weighted by atomic mass is 35.5. The predicted octanol–water partition coefficient (Wildman–Crippen LogP) is 3.82. The highest BCUT2D eigenvalue weighted by molar-refractivity contribution is 6.44. The van der Waals surface area contributed by atoms with Crippen molar-refractivity contribution in [3.63, 3.8) is 0 Å². The maximum absolute atomic E-state index is 13.2. The average Bonchev–Trinajstić information content (AvgIpc) is 2.43. The van der Waals surface area contributed by atoms with Crippen molar-refractivity contribution in [2.45, 2.75) is 0 Å². The summed E-state index contributed by atoms with van der Waals surface area (Å²) in [7, 11) is 1.59. The monoisotopic (exact) mass is 313 g/mol. The van der Waals surface area contributed by atoms with Gasteiger partial charge in [0.15, 0.2) is 0 Å². The Morgan fingerprint density at radius 2 is 2.10 bits per heavy atom. The van der Waals surface area contributed by atoms with Crippen LogP contribution in [0.5, 0.6) is 0 Å². The van der Waals surface area contributed by atoms with Crippen LogP contribution in [0, 0.1) is 5.82 Å². The third-order valence-electron chi connectivity index (χ3n) is 2.54. The van der Waals surface area contributed by atoms with Crippen LogP contribution >= 0.6 is 23.2 Å². The summed E-state index contributed by atoms with van der Waals surface area (Å²) in [6.07, 6.45) is 1.02. The van der Waals surface area contributed by atoms with Crippen molar-refractivity contribution in [3.8, 4) is 0 Å². The molecule has 20 heavy (non-hydrogen) atoms. The molecule has 0 aliphatic heterocycles. The molecule has 4 nitrogen and oxygen atoms in total. The Morgan fingerprint density at radius 3 is 2.80 bits per heavy atom. The third kappa shape index (κ3) is 3.00. The molecule has 2 N–H and O–H groups in total. The van der Waals surface area contributed by atoms with Crippen LogP contribution in [0.4, 0.5) is 15.9 Å². The van der Waals surface area contributed by atoms with E-state index in [2.05, 4.69) is 15.6 Å². The summed E-state index contributed by atoms with van der Waals surface area (Å²) in [5, 5.41) is 5.82. The quantitative estimate of drug-likeness (QED) is 0.905. The fourth-order valence-electron chi connectivity index (χ4n) is 1.60. The van der Waals surface area contributed by atoms with Gasteiger partial charge in [0.1, 0.15) is 11.6 Å². The molecule has 0 bridgehead atoms. The van der Waals surface area contributed by atoms with Crippen LogP contribution in [0.15, 0.2) is 30.5 Å². The second-order valence-corrected chi connectivity index (χ2v) is 4.64. The van der Waals surface area contributed by atoms with Crippen LogP contribution in [-0.4, -0.2) is 17.9 Å². The smallest absolute Gasteiger partial charge is 0.259 e. The zero-order valence-electron chi connectivity index (χ0n) is 10.4. The molecule has 0 saturated heterocycles. The van der Waals surface area contributed by atoms with E-state index in [4.69, 9.17) is 23.2 Å². The van der Waals surface area contributed by atoms with Crippen LogP contribution < -0.4 is 10.6 Å². The number of carbonyl (C=O) groups excluding carboxylic acids is 1. The number of carbonyl (C=O) groups is 1. The molecule has 1 aromatic heterocycles. The van der Waals surface area contributed by atoms with Crippen molar-refractivity contribution >= 4 is 40.6 Å². The molecule has 0 aliphatic rings. The second kappa shape index (κ2) is 6.07. The number of hydrogen-bond acceptors (Lipinski definition) is 3. The van der Waals surface area contributed by atoms with Crippen molar-refractivity contribution < 1.29 is 9.18 Å². The Hall–Kier alpha value is -1.85. The van der Waals surface area contributed by atoms with Gasteiger partial charge in [0.2, 0.25) is 0 Å². The fourth-order valence-corrected chi connectivity index (χ4v) is 1.95. The molecule has 0 atom stereocenters. The minimum atomic E-state index is -0.605. The van der Waals surface area contributed by atoms with Crippen molar-refractivity contribution in [2.75, 3.05) is 17.7 Å². The molecule has 0 radical (unpaired) electrons. The third-order valence-corrected chi connectivity index (χ3v) is 3.35. The first-order chi connectivity index (χ1) is 9.52. The van der Waals surface area contributed by atoms with Crippen molar-refractivity contribution in [3.05, 3.63) is 51.9 Å². The van der Waals surface area contributed by atoms with E-state index in [9.17, 15) is 9.18 Å². The summed E-state index contributed by atoms with van der Waals surface area (Å²) in [4.78, 5) is 15.9. The molecule has 1 amide bonds. The molecular formula is C13H10Cl2FN3O. The maximum atomic E-state index is 13.2. The number of pyridine rings is 1. The number of amides is 1. The summed E-state index contributed by atoms with van der Waals surface area (Å²) in [5.74, 6) is -0.876. The Labute approximate surface area is 124 Å². The van der Waals surface area contributed by atoms with Crippen LogP contribution in [0.3, 0.4) is 0 Å². The predicted molar refractivity (Wildman–Crippen MR) is 78.2 cm³/mol. The normalized spacial score (nSPS) is 10.2. The first-order valence-corrected chi connectivity index (χ1v) is 6.37. The van der Waals surface area contributed by atoms with Crippen LogP contribution in [-0.2, 0) is 0 Å². The molecule has 7 heteroatoms. The van der Waals surface area contributed by atoms with E-state index in [1.165, 1.54) is 0 Å². The number of anilines is 2. The first-order valence-electron chi connectivity index (χ1n) is 5.61. The summed E-state index contributed by atoms with van der Waals surface area (Å²) < 4.78 is 13.2. The number of nitrogens with zero attached hydrogens (tertiary/aromatic N) is 1. The molecule has 104 valence electrons. The molecule has 1 aromatic carbocycles. The maximum Gasteiger partial charge on any atom is 0.259 e. The minimum absolute atomic E-state index is 0.0727. The number of halogens is 3. The largest absolute Gasteiger partial charge is 0.372 e. The topological polar surface area (TPSA) is 54.0 Å². The molecule has 2 aromatic rings. The zero-order valence-corrected chi connectivity index (χ0v) is 11.9. The van der Waals surface area contributed by atoms with Gasteiger partial charge in [-0.2, -0.15) is 0 Å². The lowest BCUT2D eigenvalue weighted by atomic mass is 10.2. The van der Waals surface area contributed by atoms with Crippen molar-refractivity contribution in [1.82, 2.24) is 4.98 Å². The lowest BCUT2D eigenvalue weighted by Crippen LogP contribution is -2.15. The van der Waals surface area contributed by atoms with Crippen molar-refractivity contribution in [2.24, 2.45) is 0 Å². The SMILES string of the molecule is CNc1ncc(F)cc1C(=O)Nc1cccc(Cl)c1Cl. The zero-order chi connectivity index (χ0) is 14.7. The van der Waals surface area contributed by atoms with E-state index < -0.39 is 11.7 Å². The first kappa shape index (κ1) is 14.6. The lowest BCUT2D eigenvalue weighted by Gasteiger charge is -2.10. The van der Waals surface area contributed by atoms with Gasteiger partial charge < -0.3 is 10.6 Å². The number of aromatic nitrogens is 1. The van der Waals surface area contributed by atoms with E-state index >= 15 is 0 Å². The summed E-state index contributed by atoms with van der Waals surface area (Å²) in [6.45, 7) is 0. The van der Waals surface area contributed by atoms with Gasteiger partial charge in [0, 0.05) is 7.05 Å². The highest BCUT2D eigenvalue weighted by Crippen LogP contribution is 2.30. The van der Waals surface area contributed by atoms with Gasteiger partial charge in [-0.1, -0.05) is 29.3 Å². The second-order valence-electron chi connectivity index (χ2n) is 3.86. The van der Waals surface area contributed by atoms with Crippen LogP contribution in [0.2, 0.25) is 10.0 Å². The molecular weight excluding hydrogens is 304 g/mol. The molecule has 1 heterocycles. The van der Waals surface area contributed by atoms with Crippen LogP contribution in [0.25, 0.3) is 0 Å². The molecule has 0 aliphatic carbocycles. The van der Waals surface area contributed by atoms with E-state index in [1.807, 2.05) is 0 Å². The van der Waals surface area contributed by atoms with Crippen molar-refractivity contribution in [1.29, 1.82) is 0 Å². The van der Waals surface area contributed by atoms with Gasteiger partial charge in [0.25, 0.3) is 5.91 Å². The Balaban J connectivity index is 2.33. The Kier molecular flexibility index (Phi) is 4.42. The van der Waals surface area contributed by atoms with E-state index in [1.54, 1.807) is 25.2 Å². The van der Waals surface area contributed by atoms with Gasteiger partial charge in [0.05, 0.1) is 27.5 Å². The van der Waals surface area contributed by atoms with E-state index in [0.29, 0.717) is 10.7 Å². The summed E-state index contributed by atoms with van der Waals surface area (Å²) >= 11 is 11.8. The fraction of sp³-hybridized carbons (Fsp3) is 0.0769. The highest BCUT2D eigenvalue weighted by Gasteiger charge is 2.15. The Bertz CT molecular complexity index is 664. The van der Waals surface area contributed by atoms with E-state index in [0.717, 1.165) is 12.3 Å². The number of hydrogen-bond donors (Lipinski definition) is 2. The van der Waals surface area contributed by atoms with E-state index in [-0.39, 0.29) is 16.4 Å². The lowest BCUT2D eigenvalue weighted by molar-refractivity contribution is 0.102. The van der Waals surface area contributed by atoms with Crippen LogP contribution in [0.1, 0.15) is 10.4 Å². The molecule has 0 saturated carbocycles. The molecule has 0 spiro atoms. The number of nitrogens with one attached hydrogen (secondary N) is 2. The standard InChI is InChI=1S/C13H10Cl2FN3O/c1-17-12-8(5-7(16)6-18-12)13(20)19-10-4-2-3-9(14)11(10)15/h2-6H,1H3,(H,17,18)(H,19,20). The summed E-state index contributed by atoms with van der Waals surface area (Å²) in [5.41, 5.74) is 0.416. The molecule has 2 rings (SSSR count). The number of rotatable bonds is 3. The number of benzene rings is 1.